The van der Waals surface area contributed by atoms with Gasteiger partial charge in [0.05, 0.1) is 12.0 Å². The van der Waals surface area contributed by atoms with Crippen molar-refractivity contribution >= 4 is 20.8 Å². The molecule has 1 heterocycles. The summed E-state index contributed by atoms with van der Waals surface area (Å²) in [5.74, 6) is 1.11. The van der Waals surface area contributed by atoms with E-state index in [2.05, 4.69) is 0 Å². The molecule has 1 saturated heterocycles. The van der Waals surface area contributed by atoms with Gasteiger partial charge < -0.3 is 10.5 Å². The molecule has 3 rings (SSSR count). The van der Waals surface area contributed by atoms with Gasteiger partial charge in [-0.1, -0.05) is 24.3 Å². The number of hydrogen-bond acceptors (Lipinski definition) is 4. The summed E-state index contributed by atoms with van der Waals surface area (Å²) in [6.45, 7) is 1.69. The molecule has 2 aromatic carbocycles. The van der Waals surface area contributed by atoms with Gasteiger partial charge in [-0.15, -0.1) is 0 Å². The molecule has 0 atom stereocenters. The fraction of sp³-hybridized carbons (Fsp3) is 0.412. The summed E-state index contributed by atoms with van der Waals surface area (Å²) in [6, 6.07) is 10.8. The Morgan fingerprint density at radius 3 is 2.39 bits per heavy atom. The Kier molecular flexibility index (Phi) is 4.57. The molecule has 0 spiro atoms. The van der Waals surface area contributed by atoms with E-state index in [9.17, 15) is 8.42 Å². The summed E-state index contributed by atoms with van der Waals surface area (Å²) >= 11 is 0. The fourth-order valence-corrected chi connectivity index (χ4v) is 4.84. The van der Waals surface area contributed by atoms with Crippen molar-refractivity contribution in [1.29, 1.82) is 0 Å². The van der Waals surface area contributed by atoms with Crippen molar-refractivity contribution in [2.24, 2.45) is 11.7 Å². The van der Waals surface area contributed by atoms with Crippen molar-refractivity contribution in [3.8, 4) is 5.75 Å². The quantitative estimate of drug-likeness (QED) is 0.930. The first kappa shape index (κ1) is 16.2. The first-order valence-electron chi connectivity index (χ1n) is 7.84. The molecule has 0 aliphatic carbocycles. The maximum atomic E-state index is 13.0. The summed E-state index contributed by atoms with van der Waals surface area (Å²) in [7, 11) is -1.92. The number of fused-ring (bicyclic) bond motifs is 1. The van der Waals surface area contributed by atoms with Crippen LogP contribution in [0.1, 0.15) is 12.8 Å². The van der Waals surface area contributed by atoms with Crippen LogP contribution in [0.5, 0.6) is 5.75 Å². The van der Waals surface area contributed by atoms with E-state index in [1.54, 1.807) is 23.5 Å². The number of nitrogens with two attached hydrogens (primary N) is 1. The third-order valence-corrected chi connectivity index (χ3v) is 6.55. The maximum absolute atomic E-state index is 13.0. The molecule has 1 fully saturated rings. The van der Waals surface area contributed by atoms with Crippen LogP contribution in [-0.2, 0) is 10.0 Å². The highest BCUT2D eigenvalue weighted by Gasteiger charge is 2.30. The van der Waals surface area contributed by atoms with Gasteiger partial charge in [-0.05, 0) is 37.4 Å². The fourth-order valence-electron chi connectivity index (χ4n) is 3.17. The van der Waals surface area contributed by atoms with Crippen molar-refractivity contribution in [1.82, 2.24) is 4.31 Å². The molecule has 0 radical (unpaired) electrons. The average Bonchev–Trinajstić information content (AvgIpc) is 2.60. The van der Waals surface area contributed by atoms with Crippen LogP contribution in [0.15, 0.2) is 41.3 Å². The Hall–Kier alpha value is -1.63. The monoisotopic (exact) mass is 334 g/mol. The zero-order chi connectivity index (χ0) is 16.4. The average molecular weight is 334 g/mol. The lowest BCUT2D eigenvalue weighted by Crippen LogP contribution is -2.40. The highest BCUT2D eigenvalue weighted by molar-refractivity contribution is 7.89. The van der Waals surface area contributed by atoms with Crippen LogP contribution in [0.3, 0.4) is 0 Å². The Labute approximate surface area is 137 Å². The number of rotatable bonds is 4. The van der Waals surface area contributed by atoms with Crippen LogP contribution in [0.4, 0.5) is 0 Å². The van der Waals surface area contributed by atoms with Crippen molar-refractivity contribution < 1.29 is 13.2 Å². The van der Waals surface area contributed by atoms with Crippen LogP contribution in [0.25, 0.3) is 10.8 Å². The van der Waals surface area contributed by atoms with E-state index in [0.717, 1.165) is 18.2 Å². The Morgan fingerprint density at radius 1 is 1.13 bits per heavy atom. The van der Waals surface area contributed by atoms with Gasteiger partial charge in [0.15, 0.2) is 0 Å². The zero-order valence-corrected chi connectivity index (χ0v) is 14.1. The van der Waals surface area contributed by atoms with Crippen LogP contribution >= 0.6 is 0 Å². The molecule has 1 aliphatic rings. The van der Waals surface area contributed by atoms with E-state index in [-0.39, 0.29) is 0 Å². The van der Waals surface area contributed by atoms with Gasteiger partial charge in [-0.3, -0.25) is 0 Å². The van der Waals surface area contributed by atoms with Gasteiger partial charge in [0.25, 0.3) is 0 Å². The van der Waals surface area contributed by atoms with Gasteiger partial charge in [0.1, 0.15) is 5.75 Å². The first-order chi connectivity index (χ1) is 11.1. The van der Waals surface area contributed by atoms with Crippen LogP contribution in [0, 0.1) is 5.92 Å². The number of methoxy groups -OCH3 is 1. The van der Waals surface area contributed by atoms with Crippen molar-refractivity contribution in [3.63, 3.8) is 0 Å². The van der Waals surface area contributed by atoms with Gasteiger partial charge in [-0.25, -0.2) is 8.42 Å². The number of sulfonamides is 1. The second-order valence-electron chi connectivity index (χ2n) is 5.89. The molecule has 0 saturated carbocycles. The smallest absolute Gasteiger partial charge is 0.243 e. The van der Waals surface area contributed by atoms with E-state index in [1.165, 1.54) is 0 Å². The largest absolute Gasteiger partial charge is 0.496 e. The molecule has 0 bridgehead atoms. The molecule has 23 heavy (non-hydrogen) atoms. The lowest BCUT2D eigenvalue weighted by molar-refractivity contribution is 0.278. The molecule has 5 nitrogen and oxygen atoms in total. The van der Waals surface area contributed by atoms with Crippen LogP contribution < -0.4 is 10.5 Å². The molecule has 1 aliphatic heterocycles. The molecule has 0 aromatic heterocycles. The number of hydrogen-bond donors (Lipinski definition) is 1. The molecule has 0 amide bonds. The highest BCUT2D eigenvalue weighted by atomic mass is 32.2. The number of nitrogens with zero attached hydrogens (tertiary/aromatic N) is 1. The van der Waals surface area contributed by atoms with Crippen molar-refractivity contribution in [2.45, 2.75) is 17.7 Å². The summed E-state index contributed by atoms with van der Waals surface area (Å²) in [6.07, 6.45) is 1.65. The number of ether oxygens (including phenoxy) is 1. The Bertz CT molecular complexity index is 797. The number of piperidine rings is 1. The van der Waals surface area contributed by atoms with E-state index in [0.29, 0.717) is 41.6 Å². The Balaban J connectivity index is 2.03. The number of benzene rings is 2. The molecule has 0 unspecified atom stereocenters. The van der Waals surface area contributed by atoms with E-state index in [4.69, 9.17) is 10.5 Å². The van der Waals surface area contributed by atoms with Crippen LogP contribution in [0.2, 0.25) is 0 Å². The molecule has 124 valence electrons. The molecular formula is C17H22N2O3S. The first-order valence-corrected chi connectivity index (χ1v) is 9.28. The Morgan fingerprint density at radius 2 is 1.78 bits per heavy atom. The predicted octanol–water partition coefficient (Wildman–Crippen LogP) is 2.21. The minimum absolute atomic E-state index is 0.347. The van der Waals surface area contributed by atoms with Gasteiger partial charge in [0, 0.05) is 23.9 Å². The normalized spacial score (nSPS) is 17.5. The summed E-state index contributed by atoms with van der Waals surface area (Å²) < 4.78 is 33.0. The molecule has 2 aromatic rings. The van der Waals surface area contributed by atoms with Crippen molar-refractivity contribution in [2.75, 3.05) is 26.7 Å². The van der Waals surface area contributed by atoms with E-state index >= 15 is 0 Å². The maximum Gasteiger partial charge on any atom is 0.243 e. The van der Waals surface area contributed by atoms with Gasteiger partial charge in [-0.2, -0.15) is 4.31 Å². The minimum atomic E-state index is -3.51. The third-order valence-electron chi connectivity index (χ3n) is 4.59. The topological polar surface area (TPSA) is 72.6 Å². The standard InChI is InChI=1S/C17H22N2O3S/c1-22-16-6-7-17(15-5-3-2-4-14(15)16)23(20,21)19-10-8-13(12-18)9-11-19/h2-7,13H,8-12,18H2,1H3. The van der Waals surface area contributed by atoms with Crippen LogP contribution in [-0.4, -0.2) is 39.5 Å². The summed E-state index contributed by atoms with van der Waals surface area (Å²) in [5.41, 5.74) is 5.69. The summed E-state index contributed by atoms with van der Waals surface area (Å²) in [5, 5.41) is 1.51. The van der Waals surface area contributed by atoms with Crippen molar-refractivity contribution in [3.05, 3.63) is 36.4 Å². The zero-order valence-electron chi connectivity index (χ0n) is 13.2. The van der Waals surface area contributed by atoms with E-state index < -0.39 is 10.0 Å². The van der Waals surface area contributed by atoms with E-state index in [1.807, 2.05) is 24.3 Å². The van der Waals surface area contributed by atoms with Gasteiger partial charge >= 0.3 is 0 Å². The summed E-state index contributed by atoms with van der Waals surface area (Å²) in [4.78, 5) is 0.347. The second kappa shape index (κ2) is 6.47. The minimum Gasteiger partial charge on any atom is -0.496 e. The lowest BCUT2D eigenvalue weighted by Gasteiger charge is -2.30. The molecule has 2 N–H and O–H groups in total. The van der Waals surface area contributed by atoms with Gasteiger partial charge in [0.2, 0.25) is 10.0 Å². The predicted molar refractivity (Wildman–Crippen MR) is 91.0 cm³/mol. The third kappa shape index (κ3) is 2.94. The SMILES string of the molecule is COc1ccc(S(=O)(=O)N2CCC(CN)CC2)c2ccccc12. The molecular weight excluding hydrogens is 312 g/mol. The highest BCUT2D eigenvalue weighted by Crippen LogP contribution is 2.33. The second-order valence-corrected chi connectivity index (χ2v) is 7.80. The molecule has 6 heteroatoms. The lowest BCUT2D eigenvalue weighted by atomic mass is 9.99.